The van der Waals surface area contributed by atoms with Gasteiger partial charge in [-0.25, -0.2) is 8.42 Å². The van der Waals surface area contributed by atoms with Crippen molar-refractivity contribution in [3.8, 4) is 5.69 Å². The van der Waals surface area contributed by atoms with Gasteiger partial charge in [-0.05, 0) is 53.4 Å². The zero-order chi connectivity index (χ0) is 22.2. The Hall–Kier alpha value is -2.45. The third-order valence-corrected chi connectivity index (χ3v) is 8.41. The number of rotatable bonds is 6. The number of Topliss-reactive ketones (excluding diaryl/α,β-unsaturated/α-hetero) is 1. The van der Waals surface area contributed by atoms with Crippen molar-refractivity contribution in [2.75, 3.05) is 5.75 Å². The van der Waals surface area contributed by atoms with E-state index in [1.165, 1.54) is 16.7 Å². The number of hydrogen-bond acceptors (Lipinski definition) is 5. The van der Waals surface area contributed by atoms with Crippen molar-refractivity contribution in [2.24, 2.45) is 0 Å². The molecule has 0 unspecified atom stereocenters. The fourth-order valence-electron chi connectivity index (χ4n) is 3.22. The van der Waals surface area contributed by atoms with Crippen LogP contribution in [0.5, 0.6) is 0 Å². The van der Waals surface area contributed by atoms with E-state index in [2.05, 4.69) is 0 Å². The number of halogens is 2. The predicted molar refractivity (Wildman–Crippen MR) is 125 cm³/mol. The van der Waals surface area contributed by atoms with E-state index in [4.69, 9.17) is 23.2 Å². The van der Waals surface area contributed by atoms with Crippen LogP contribution in [0, 0.1) is 0 Å². The van der Waals surface area contributed by atoms with Gasteiger partial charge in [-0.15, -0.1) is 11.3 Å². The van der Waals surface area contributed by atoms with Crippen LogP contribution < -0.4 is 5.56 Å². The van der Waals surface area contributed by atoms with Gasteiger partial charge in [-0.3, -0.25) is 14.2 Å². The Labute approximate surface area is 192 Å². The second-order valence-corrected chi connectivity index (χ2v) is 11.3. The van der Waals surface area contributed by atoms with Crippen molar-refractivity contribution in [3.05, 3.63) is 92.1 Å². The van der Waals surface area contributed by atoms with Gasteiger partial charge >= 0.3 is 0 Å². The summed E-state index contributed by atoms with van der Waals surface area (Å²) in [6.07, 6.45) is 1.65. The third-order valence-electron chi connectivity index (χ3n) is 4.69. The molecule has 0 saturated heterocycles. The van der Waals surface area contributed by atoms with Crippen LogP contribution in [0.25, 0.3) is 16.5 Å². The quantitative estimate of drug-likeness (QED) is 0.382. The molecule has 0 fully saturated rings. The zero-order valence-electron chi connectivity index (χ0n) is 15.9. The molecule has 0 aliphatic heterocycles. The maximum atomic E-state index is 12.8. The lowest BCUT2D eigenvalue weighted by Crippen LogP contribution is -2.18. The summed E-state index contributed by atoms with van der Waals surface area (Å²) in [4.78, 5) is 25.1. The summed E-state index contributed by atoms with van der Waals surface area (Å²) >= 11 is 12.7. The highest BCUT2D eigenvalue weighted by Crippen LogP contribution is 2.26. The largest absolute Gasteiger partial charge is 0.298 e. The maximum absolute atomic E-state index is 12.8. The van der Waals surface area contributed by atoms with Crippen LogP contribution in [-0.4, -0.2) is 24.5 Å². The highest BCUT2D eigenvalue weighted by Gasteiger charge is 2.21. The number of fused-ring (bicyclic) bond motifs is 1. The van der Waals surface area contributed by atoms with Gasteiger partial charge in [-0.1, -0.05) is 41.4 Å². The molecule has 31 heavy (non-hydrogen) atoms. The van der Waals surface area contributed by atoms with Gasteiger partial charge in [-0.2, -0.15) is 0 Å². The van der Waals surface area contributed by atoms with Crippen molar-refractivity contribution < 1.29 is 13.2 Å². The van der Waals surface area contributed by atoms with Gasteiger partial charge in [0.2, 0.25) is 0 Å². The molecule has 0 atom stereocenters. The molecule has 158 valence electrons. The van der Waals surface area contributed by atoms with E-state index in [0.717, 1.165) is 16.7 Å². The Morgan fingerprint density at radius 3 is 2.39 bits per heavy atom. The molecule has 0 bridgehead atoms. The molecule has 2 aromatic heterocycles. The van der Waals surface area contributed by atoms with Crippen LogP contribution in [0.15, 0.2) is 75.9 Å². The molecule has 0 amide bonds. The molecule has 2 aromatic carbocycles. The zero-order valence-corrected chi connectivity index (χ0v) is 19.1. The van der Waals surface area contributed by atoms with Gasteiger partial charge in [0.05, 0.1) is 4.34 Å². The van der Waals surface area contributed by atoms with Crippen molar-refractivity contribution in [3.63, 3.8) is 0 Å². The molecule has 4 aromatic rings. The normalized spacial score (nSPS) is 11.7. The number of carbonyl (C=O) groups excluding carboxylic acids is 1. The molecule has 0 saturated carbocycles. The molecular formula is C22H15Cl2NO4S2. The van der Waals surface area contributed by atoms with E-state index in [0.29, 0.717) is 26.0 Å². The van der Waals surface area contributed by atoms with E-state index < -0.39 is 21.4 Å². The van der Waals surface area contributed by atoms with Gasteiger partial charge in [0, 0.05) is 28.7 Å². The monoisotopic (exact) mass is 491 g/mol. The van der Waals surface area contributed by atoms with E-state index >= 15 is 0 Å². The Kier molecular flexibility index (Phi) is 6.03. The number of benzene rings is 2. The molecule has 2 heterocycles. The van der Waals surface area contributed by atoms with Crippen LogP contribution in [0.3, 0.4) is 0 Å². The van der Waals surface area contributed by atoms with Crippen LogP contribution in [-0.2, 0) is 21.1 Å². The van der Waals surface area contributed by atoms with Crippen molar-refractivity contribution in [1.29, 1.82) is 0 Å². The van der Waals surface area contributed by atoms with Gasteiger partial charge in [0.1, 0.15) is 9.96 Å². The fourth-order valence-corrected chi connectivity index (χ4v) is 6.20. The average molecular weight is 492 g/mol. The van der Waals surface area contributed by atoms with Gasteiger partial charge in [0.25, 0.3) is 5.56 Å². The van der Waals surface area contributed by atoms with Crippen LogP contribution >= 0.6 is 34.5 Å². The molecular weight excluding hydrogens is 477 g/mol. The first-order valence-corrected chi connectivity index (χ1v) is 12.4. The van der Waals surface area contributed by atoms with E-state index in [1.807, 2.05) is 6.07 Å². The van der Waals surface area contributed by atoms with Crippen LogP contribution in [0.2, 0.25) is 9.36 Å². The standard InChI is InChI=1S/C22H15Cl2NO4S2/c23-16-4-3-15-9-10-25(22(27)19(15)12-16)17-5-1-14(2-6-17)11-18(26)13-31(28,29)21-8-7-20(24)30-21/h1-10,12H,11,13H2. The molecule has 0 aliphatic carbocycles. The van der Waals surface area contributed by atoms with Crippen molar-refractivity contribution in [1.82, 2.24) is 4.57 Å². The first-order chi connectivity index (χ1) is 14.7. The van der Waals surface area contributed by atoms with Crippen molar-refractivity contribution in [2.45, 2.75) is 10.6 Å². The smallest absolute Gasteiger partial charge is 0.263 e. The Balaban J connectivity index is 1.52. The van der Waals surface area contributed by atoms with E-state index in [9.17, 15) is 18.0 Å². The number of hydrogen-bond donors (Lipinski definition) is 0. The second-order valence-electron chi connectivity index (χ2n) is 6.92. The fraction of sp³-hybridized carbons (Fsp3) is 0.0909. The minimum Gasteiger partial charge on any atom is -0.298 e. The summed E-state index contributed by atoms with van der Waals surface area (Å²) in [6.45, 7) is 0. The summed E-state index contributed by atoms with van der Waals surface area (Å²) < 4.78 is 26.6. The van der Waals surface area contributed by atoms with E-state index in [-0.39, 0.29) is 16.2 Å². The number of carbonyl (C=O) groups is 1. The summed E-state index contributed by atoms with van der Waals surface area (Å²) in [7, 11) is -3.71. The molecule has 4 rings (SSSR count). The molecule has 5 nitrogen and oxygen atoms in total. The Morgan fingerprint density at radius 1 is 0.968 bits per heavy atom. The average Bonchev–Trinajstić information content (AvgIpc) is 3.16. The summed E-state index contributed by atoms with van der Waals surface area (Å²) in [6, 6.07) is 16.7. The van der Waals surface area contributed by atoms with Crippen LogP contribution in [0.4, 0.5) is 0 Å². The first-order valence-electron chi connectivity index (χ1n) is 9.13. The number of pyridine rings is 1. The number of aromatic nitrogens is 1. The lowest BCUT2D eigenvalue weighted by molar-refractivity contribution is -0.116. The highest BCUT2D eigenvalue weighted by atomic mass is 35.5. The molecule has 0 aliphatic rings. The Morgan fingerprint density at radius 2 is 1.71 bits per heavy atom. The molecule has 0 N–H and O–H groups in total. The summed E-state index contributed by atoms with van der Waals surface area (Å²) in [5, 5.41) is 1.78. The number of sulfone groups is 1. The van der Waals surface area contributed by atoms with Crippen molar-refractivity contribution >= 4 is 60.9 Å². The van der Waals surface area contributed by atoms with Gasteiger partial charge < -0.3 is 0 Å². The molecule has 0 radical (unpaired) electrons. The summed E-state index contributed by atoms with van der Waals surface area (Å²) in [5.41, 5.74) is 1.08. The minimum absolute atomic E-state index is 0.0269. The van der Waals surface area contributed by atoms with E-state index in [1.54, 1.807) is 48.7 Å². The summed E-state index contributed by atoms with van der Waals surface area (Å²) in [5.74, 6) is -1.01. The maximum Gasteiger partial charge on any atom is 0.263 e. The second kappa shape index (κ2) is 8.59. The van der Waals surface area contributed by atoms with Gasteiger partial charge in [0.15, 0.2) is 15.6 Å². The number of thiophene rings is 1. The molecule has 9 heteroatoms. The number of ketones is 1. The topological polar surface area (TPSA) is 73.2 Å². The third kappa shape index (κ3) is 4.75. The lowest BCUT2D eigenvalue weighted by Gasteiger charge is -2.09. The molecule has 0 spiro atoms. The SMILES string of the molecule is O=C(Cc1ccc(-n2ccc3ccc(Cl)cc3c2=O)cc1)CS(=O)(=O)c1ccc(Cl)s1. The number of nitrogens with zero attached hydrogens (tertiary/aromatic N) is 1. The Bertz CT molecular complexity index is 1460. The first kappa shape index (κ1) is 21.8. The predicted octanol–water partition coefficient (Wildman–Crippen LogP) is 4.94. The van der Waals surface area contributed by atoms with Crippen LogP contribution in [0.1, 0.15) is 5.56 Å². The highest BCUT2D eigenvalue weighted by molar-refractivity contribution is 7.94. The lowest BCUT2D eigenvalue weighted by atomic mass is 10.1. The minimum atomic E-state index is -3.71.